The van der Waals surface area contributed by atoms with E-state index in [0.29, 0.717) is 34.7 Å². The van der Waals surface area contributed by atoms with Gasteiger partial charge in [-0.25, -0.2) is 9.59 Å². The summed E-state index contributed by atoms with van der Waals surface area (Å²) in [6.45, 7) is 5.76. The minimum atomic E-state index is -0.800. The summed E-state index contributed by atoms with van der Waals surface area (Å²) in [6.07, 6.45) is -1.52. The van der Waals surface area contributed by atoms with Gasteiger partial charge in [-0.05, 0) is 55.3 Å². The van der Waals surface area contributed by atoms with Crippen LogP contribution in [0.25, 0.3) is 39.2 Å². The number of nitrogens with one attached hydrogen (secondary N) is 1. The first-order valence-electron chi connectivity index (χ1n) is 13.0. The standard InChI is InChI=1S/C29H28N6O6/c1-5-39-28-30-24-20(17(3)41-29(37)40-6-2)15-16-23(27(36)38-4)25(24)35(28)19-13-11-18(12-14-19)21-9-7-8-10-22(21)26-31-33-34-32-26/h7-17H,5-6H2,1-4H3,(H,31,32,33,34). The maximum atomic E-state index is 12.9. The number of H-pyrrole nitrogens is 1. The molecule has 0 aliphatic heterocycles. The van der Waals surface area contributed by atoms with Crippen molar-refractivity contribution >= 4 is 23.2 Å². The quantitative estimate of drug-likeness (QED) is 0.238. The third kappa shape index (κ3) is 5.31. The van der Waals surface area contributed by atoms with Crippen molar-refractivity contribution in [2.45, 2.75) is 26.9 Å². The Morgan fingerprint density at radius 3 is 2.39 bits per heavy atom. The van der Waals surface area contributed by atoms with Crippen molar-refractivity contribution in [3.63, 3.8) is 0 Å². The molecular formula is C29H28N6O6. The van der Waals surface area contributed by atoms with Gasteiger partial charge < -0.3 is 18.9 Å². The normalized spacial score (nSPS) is 11.7. The lowest BCUT2D eigenvalue weighted by Crippen LogP contribution is -2.12. The molecule has 0 saturated carbocycles. The van der Waals surface area contributed by atoms with Crippen molar-refractivity contribution in [1.82, 2.24) is 30.2 Å². The van der Waals surface area contributed by atoms with E-state index in [4.69, 9.17) is 23.9 Å². The Morgan fingerprint density at radius 1 is 0.976 bits per heavy atom. The molecule has 0 spiro atoms. The van der Waals surface area contributed by atoms with E-state index in [1.165, 1.54) is 7.11 Å². The van der Waals surface area contributed by atoms with Gasteiger partial charge in [0.05, 0.1) is 37.1 Å². The highest BCUT2D eigenvalue weighted by Gasteiger charge is 2.26. The Morgan fingerprint density at radius 2 is 1.73 bits per heavy atom. The predicted molar refractivity (Wildman–Crippen MR) is 149 cm³/mol. The zero-order valence-electron chi connectivity index (χ0n) is 23.0. The summed E-state index contributed by atoms with van der Waals surface area (Å²) in [5, 5.41) is 14.4. The molecule has 3 aromatic carbocycles. The first-order chi connectivity index (χ1) is 20.0. The highest BCUT2D eigenvalue weighted by molar-refractivity contribution is 6.04. The van der Waals surface area contributed by atoms with Crippen molar-refractivity contribution in [3.05, 3.63) is 71.8 Å². The first kappa shape index (κ1) is 27.3. The molecule has 210 valence electrons. The summed E-state index contributed by atoms with van der Waals surface area (Å²) in [6, 6.07) is 19.0. The van der Waals surface area contributed by atoms with E-state index in [2.05, 4.69) is 20.6 Å². The van der Waals surface area contributed by atoms with E-state index in [9.17, 15) is 9.59 Å². The number of esters is 1. The Bertz CT molecular complexity index is 1680. The molecule has 12 heteroatoms. The van der Waals surface area contributed by atoms with Crippen LogP contribution in [0.4, 0.5) is 4.79 Å². The summed E-state index contributed by atoms with van der Waals surface area (Å²) in [5.74, 6) is -0.0614. The molecule has 0 bridgehead atoms. The molecule has 1 N–H and O–H groups in total. The van der Waals surface area contributed by atoms with Gasteiger partial charge in [0.2, 0.25) is 5.82 Å². The maximum Gasteiger partial charge on any atom is 0.508 e. The minimum Gasteiger partial charge on any atom is -0.465 e. The van der Waals surface area contributed by atoms with Gasteiger partial charge in [0, 0.05) is 11.1 Å². The van der Waals surface area contributed by atoms with Crippen LogP contribution in [0.2, 0.25) is 0 Å². The lowest BCUT2D eigenvalue weighted by atomic mass is 9.99. The maximum absolute atomic E-state index is 12.9. The van der Waals surface area contributed by atoms with Crippen LogP contribution >= 0.6 is 0 Å². The summed E-state index contributed by atoms with van der Waals surface area (Å²) in [4.78, 5) is 29.7. The predicted octanol–water partition coefficient (Wildman–Crippen LogP) is 5.29. The van der Waals surface area contributed by atoms with E-state index in [1.54, 1.807) is 30.5 Å². The summed E-state index contributed by atoms with van der Waals surface area (Å²) < 4.78 is 23.1. The number of carbonyl (C=O) groups is 2. The van der Waals surface area contributed by atoms with Gasteiger partial charge in [-0.2, -0.15) is 10.2 Å². The lowest BCUT2D eigenvalue weighted by Gasteiger charge is -2.15. The molecule has 5 rings (SSSR count). The number of ether oxygens (including phenoxy) is 4. The fourth-order valence-corrected chi connectivity index (χ4v) is 4.60. The summed E-state index contributed by atoms with van der Waals surface area (Å²) in [7, 11) is 1.31. The lowest BCUT2D eigenvalue weighted by molar-refractivity contribution is 0.0320. The second-order valence-electron chi connectivity index (χ2n) is 8.82. The van der Waals surface area contributed by atoms with Crippen molar-refractivity contribution in [2.24, 2.45) is 0 Å². The number of methoxy groups -OCH3 is 1. The van der Waals surface area contributed by atoms with E-state index in [0.717, 1.165) is 16.7 Å². The van der Waals surface area contributed by atoms with Gasteiger partial charge >= 0.3 is 18.1 Å². The Labute approximate surface area is 235 Å². The van der Waals surface area contributed by atoms with Crippen LogP contribution < -0.4 is 4.74 Å². The molecule has 1 atom stereocenters. The highest BCUT2D eigenvalue weighted by Crippen LogP contribution is 2.36. The van der Waals surface area contributed by atoms with Gasteiger partial charge in [-0.1, -0.05) is 42.5 Å². The fraction of sp³-hybridized carbons (Fsp3) is 0.241. The van der Waals surface area contributed by atoms with Gasteiger partial charge in [0.25, 0.3) is 0 Å². The second-order valence-corrected chi connectivity index (χ2v) is 8.82. The van der Waals surface area contributed by atoms with Crippen molar-refractivity contribution in [1.29, 1.82) is 0 Å². The molecule has 0 radical (unpaired) electrons. The SMILES string of the molecule is CCOC(=O)OC(C)c1ccc(C(=O)OC)c2c1nc(OCC)n2-c1ccc(-c2ccccc2-c2nn[nH]n2)cc1. The third-order valence-electron chi connectivity index (χ3n) is 6.41. The molecule has 5 aromatic rings. The zero-order chi connectivity index (χ0) is 28.9. The minimum absolute atomic E-state index is 0.181. The molecule has 1 unspecified atom stereocenters. The van der Waals surface area contributed by atoms with Crippen LogP contribution in [0.1, 0.15) is 42.8 Å². The summed E-state index contributed by atoms with van der Waals surface area (Å²) in [5.41, 5.74) is 5.09. The molecule has 0 amide bonds. The number of hydrogen-bond acceptors (Lipinski definition) is 10. The van der Waals surface area contributed by atoms with E-state index < -0.39 is 18.2 Å². The number of imidazole rings is 1. The molecule has 41 heavy (non-hydrogen) atoms. The van der Waals surface area contributed by atoms with Crippen LogP contribution in [-0.4, -0.2) is 62.6 Å². The smallest absolute Gasteiger partial charge is 0.465 e. The highest BCUT2D eigenvalue weighted by atomic mass is 16.7. The molecule has 0 fully saturated rings. The number of tetrazole rings is 1. The molecule has 0 aliphatic carbocycles. The van der Waals surface area contributed by atoms with Crippen molar-refractivity contribution in [3.8, 4) is 34.2 Å². The van der Waals surface area contributed by atoms with Crippen LogP contribution in [0.3, 0.4) is 0 Å². The Kier molecular flexibility index (Phi) is 7.90. The third-order valence-corrected chi connectivity index (χ3v) is 6.41. The summed E-state index contributed by atoms with van der Waals surface area (Å²) >= 11 is 0. The van der Waals surface area contributed by atoms with Crippen LogP contribution in [0, 0.1) is 0 Å². The Hall–Kier alpha value is -5.26. The van der Waals surface area contributed by atoms with Crippen LogP contribution in [0.15, 0.2) is 60.7 Å². The topological polar surface area (TPSA) is 143 Å². The monoisotopic (exact) mass is 556 g/mol. The second kappa shape index (κ2) is 11.9. The van der Waals surface area contributed by atoms with E-state index in [-0.39, 0.29) is 18.2 Å². The van der Waals surface area contributed by atoms with Gasteiger partial charge in [-0.15, -0.1) is 10.2 Å². The van der Waals surface area contributed by atoms with E-state index >= 15 is 0 Å². The molecule has 12 nitrogen and oxygen atoms in total. The average Bonchev–Trinajstić information content (AvgIpc) is 3.65. The fourth-order valence-electron chi connectivity index (χ4n) is 4.60. The largest absolute Gasteiger partial charge is 0.508 e. The number of fused-ring (bicyclic) bond motifs is 1. The zero-order valence-corrected chi connectivity index (χ0v) is 23.0. The van der Waals surface area contributed by atoms with E-state index in [1.807, 2.05) is 55.5 Å². The number of carbonyl (C=O) groups excluding carboxylic acids is 2. The molecule has 2 aromatic heterocycles. The van der Waals surface area contributed by atoms with Crippen molar-refractivity contribution < 1.29 is 28.5 Å². The number of rotatable bonds is 9. The molecule has 2 heterocycles. The Balaban J connectivity index is 1.65. The van der Waals surface area contributed by atoms with Crippen LogP contribution in [0.5, 0.6) is 6.01 Å². The van der Waals surface area contributed by atoms with Gasteiger partial charge in [0.1, 0.15) is 11.6 Å². The average molecular weight is 557 g/mol. The van der Waals surface area contributed by atoms with Crippen LogP contribution in [-0.2, 0) is 14.2 Å². The van der Waals surface area contributed by atoms with Gasteiger partial charge in [0.15, 0.2) is 0 Å². The number of nitrogens with zero attached hydrogens (tertiary/aromatic N) is 5. The number of hydrogen-bond donors (Lipinski definition) is 1. The number of benzene rings is 3. The molecule has 0 saturated heterocycles. The number of aromatic nitrogens is 6. The number of aromatic amines is 1. The van der Waals surface area contributed by atoms with Crippen molar-refractivity contribution in [2.75, 3.05) is 20.3 Å². The first-order valence-corrected chi connectivity index (χ1v) is 13.0. The molecular weight excluding hydrogens is 528 g/mol. The van der Waals surface area contributed by atoms with Gasteiger partial charge in [-0.3, -0.25) is 4.57 Å². The molecule has 0 aliphatic rings.